The summed E-state index contributed by atoms with van der Waals surface area (Å²) < 4.78 is 0. The highest BCUT2D eigenvalue weighted by molar-refractivity contribution is 5.69. The van der Waals surface area contributed by atoms with Crippen molar-refractivity contribution in [2.45, 2.75) is 51.4 Å². The molecule has 0 bridgehead atoms. The lowest BCUT2D eigenvalue weighted by molar-refractivity contribution is -0.141. The number of hydrogen-bond donors (Lipinski definition) is 1. The van der Waals surface area contributed by atoms with Gasteiger partial charge in [-0.05, 0) is 36.3 Å². The van der Waals surface area contributed by atoms with Gasteiger partial charge < -0.3 is 5.11 Å². The van der Waals surface area contributed by atoms with Crippen LogP contribution in [0.15, 0.2) is 24.3 Å². The highest BCUT2D eigenvalue weighted by Gasteiger charge is 2.17. The van der Waals surface area contributed by atoms with Gasteiger partial charge >= 0.3 is 5.97 Å². The molecule has 1 N–H and O–H groups in total. The molecule has 1 aliphatic rings. The van der Waals surface area contributed by atoms with Crippen LogP contribution in [0.1, 0.15) is 56.1 Å². The van der Waals surface area contributed by atoms with Crippen molar-refractivity contribution in [2.75, 3.05) is 0 Å². The van der Waals surface area contributed by atoms with Crippen molar-refractivity contribution in [1.29, 1.82) is 0 Å². The molecule has 18 heavy (non-hydrogen) atoms. The fraction of sp³-hybridized carbons (Fsp3) is 0.562. The van der Waals surface area contributed by atoms with Gasteiger partial charge in [0.1, 0.15) is 0 Å². The molecule has 2 rings (SSSR count). The van der Waals surface area contributed by atoms with E-state index < -0.39 is 5.97 Å². The zero-order chi connectivity index (χ0) is 13.0. The van der Waals surface area contributed by atoms with Crippen molar-refractivity contribution in [2.24, 2.45) is 5.92 Å². The Bertz CT molecular complexity index is 405. The summed E-state index contributed by atoms with van der Waals surface area (Å²) in [5, 5.41) is 8.96. The number of hydrogen-bond acceptors (Lipinski definition) is 1. The molecule has 1 aliphatic carbocycles. The molecule has 1 aromatic rings. The quantitative estimate of drug-likeness (QED) is 0.872. The maximum Gasteiger partial charge on any atom is 0.306 e. The van der Waals surface area contributed by atoms with Crippen LogP contribution in [0.2, 0.25) is 0 Å². The van der Waals surface area contributed by atoms with Gasteiger partial charge in [0.15, 0.2) is 0 Å². The fourth-order valence-electron chi connectivity index (χ4n) is 2.85. The second-order valence-corrected chi connectivity index (χ2v) is 5.52. The second kappa shape index (κ2) is 6.03. The van der Waals surface area contributed by atoms with Crippen LogP contribution < -0.4 is 0 Å². The van der Waals surface area contributed by atoms with Gasteiger partial charge in [-0.1, -0.05) is 50.5 Å². The van der Waals surface area contributed by atoms with E-state index in [4.69, 9.17) is 5.11 Å². The fourth-order valence-corrected chi connectivity index (χ4v) is 2.85. The van der Waals surface area contributed by atoms with Gasteiger partial charge in [-0.3, -0.25) is 4.79 Å². The molecule has 1 atom stereocenters. The van der Waals surface area contributed by atoms with E-state index in [1.54, 1.807) is 6.92 Å². The van der Waals surface area contributed by atoms with Crippen molar-refractivity contribution >= 4 is 5.97 Å². The minimum absolute atomic E-state index is 0.299. The summed E-state index contributed by atoms with van der Waals surface area (Å²) in [6.45, 7) is 1.77. The summed E-state index contributed by atoms with van der Waals surface area (Å²) in [7, 11) is 0. The van der Waals surface area contributed by atoms with E-state index in [0.29, 0.717) is 12.3 Å². The summed E-state index contributed by atoms with van der Waals surface area (Å²) in [6.07, 6.45) is 7.25. The average Bonchev–Trinajstić information content (AvgIpc) is 2.40. The van der Waals surface area contributed by atoms with Crippen molar-refractivity contribution in [3.63, 3.8) is 0 Å². The molecule has 0 aromatic heterocycles. The molecule has 1 fully saturated rings. The summed E-state index contributed by atoms with van der Waals surface area (Å²) in [5.74, 6) is -0.316. The number of carboxylic acids is 1. The summed E-state index contributed by atoms with van der Waals surface area (Å²) in [4.78, 5) is 10.9. The van der Waals surface area contributed by atoms with Gasteiger partial charge in [0, 0.05) is 0 Å². The monoisotopic (exact) mass is 246 g/mol. The van der Waals surface area contributed by atoms with Crippen molar-refractivity contribution in [3.8, 4) is 0 Å². The van der Waals surface area contributed by atoms with E-state index in [1.807, 2.05) is 6.07 Å². The first-order valence-electron chi connectivity index (χ1n) is 6.98. The third kappa shape index (κ3) is 3.34. The van der Waals surface area contributed by atoms with Crippen LogP contribution in [0.5, 0.6) is 0 Å². The molecule has 2 nitrogen and oxygen atoms in total. The molecule has 1 saturated carbocycles. The normalized spacial score (nSPS) is 18.5. The Morgan fingerprint density at radius 2 is 2.06 bits per heavy atom. The van der Waals surface area contributed by atoms with Gasteiger partial charge in [-0.2, -0.15) is 0 Å². The zero-order valence-corrected chi connectivity index (χ0v) is 11.1. The predicted molar refractivity (Wildman–Crippen MR) is 72.8 cm³/mol. The largest absolute Gasteiger partial charge is 0.481 e. The first-order chi connectivity index (χ1) is 8.66. The molecule has 0 heterocycles. The van der Waals surface area contributed by atoms with Gasteiger partial charge in [0.2, 0.25) is 0 Å². The number of rotatable bonds is 4. The lowest BCUT2D eigenvalue weighted by Gasteiger charge is -2.22. The molecule has 1 aromatic carbocycles. The highest BCUT2D eigenvalue weighted by Crippen LogP contribution is 2.33. The summed E-state index contributed by atoms with van der Waals surface area (Å²) in [6, 6.07) is 8.54. The second-order valence-electron chi connectivity index (χ2n) is 5.52. The van der Waals surface area contributed by atoms with Crippen LogP contribution in [-0.2, 0) is 11.2 Å². The first-order valence-corrected chi connectivity index (χ1v) is 6.98. The van der Waals surface area contributed by atoms with Crippen molar-refractivity contribution in [1.82, 2.24) is 0 Å². The molecule has 98 valence electrons. The van der Waals surface area contributed by atoms with E-state index in [-0.39, 0.29) is 5.92 Å². The lowest BCUT2D eigenvalue weighted by atomic mass is 9.83. The average molecular weight is 246 g/mol. The van der Waals surface area contributed by atoms with Crippen LogP contribution in [0.25, 0.3) is 0 Å². The van der Waals surface area contributed by atoms with Crippen LogP contribution in [0.4, 0.5) is 0 Å². The number of carboxylic acid groups (broad SMARTS) is 1. The Balaban J connectivity index is 2.06. The predicted octanol–water partition coefficient (Wildman–Crippen LogP) is 4.00. The van der Waals surface area contributed by atoms with Crippen LogP contribution in [-0.4, -0.2) is 11.1 Å². The minimum atomic E-state index is -0.710. The van der Waals surface area contributed by atoms with Crippen LogP contribution in [0, 0.1) is 5.92 Å². The highest BCUT2D eigenvalue weighted by atomic mass is 16.4. The minimum Gasteiger partial charge on any atom is -0.481 e. The molecule has 2 heteroatoms. The van der Waals surface area contributed by atoms with Gasteiger partial charge in [-0.15, -0.1) is 0 Å². The molecule has 0 aliphatic heterocycles. The van der Waals surface area contributed by atoms with E-state index in [9.17, 15) is 4.79 Å². The lowest BCUT2D eigenvalue weighted by Crippen LogP contribution is -2.12. The molecule has 0 radical (unpaired) electrons. The third-order valence-corrected chi connectivity index (χ3v) is 3.99. The smallest absolute Gasteiger partial charge is 0.306 e. The molecule has 0 amide bonds. The summed E-state index contributed by atoms with van der Waals surface area (Å²) in [5.41, 5.74) is 2.57. The van der Waals surface area contributed by atoms with Gasteiger partial charge in [0.25, 0.3) is 0 Å². The molecule has 0 spiro atoms. The Labute approximate surface area is 109 Å². The number of benzene rings is 1. The Morgan fingerprint density at radius 1 is 1.33 bits per heavy atom. The zero-order valence-electron chi connectivity index (χ0n) is 11.1. The maximum atomic E-state index is 10.9. The van der Waals surface area contributed by atoms with E-state index in [1.165, 1.54) is 37.7 Å². The third-order valence-electron chi connectivity index (χ3n) is 3.99. The van der Waals surface area contributed by atoms with Crippen LogP contribution >= 0.6 is 0 Å². The molecule has 0 saturated heterocycles. The Hall–Kier alpha value is -1.31. The topological polar surface area (TPSA) is 37.3 Å². The summed E-state index contributed by atoms with van der Waals surface area (Å²) >= 11 is 0. The molecule has 1 unspecified atom stereocenters. The maximum absolute atomic E-state index is 10.9. The van der Waals surface area contributed by atoms with Gasteiger partial charge in [-0.25, -0.2) is 0 Å². The standard InChI is InChI=1S/C16H22O2/c1-12(16(17)18)10-13-6-5-9-15(11-13)14-7-3-2-4-8-14/h5-6,9,11-12,14H,2-4,7-8,10H2,1H3,(H,17,18). The molecular weight excluding hydrogens is 224 g/mol. The number of carbonyl (C=O) groups is 1. The number of aliphatic carboxylic acids is 1. The Kier molecular flexibility index (Phi) is 4.40. The van der Waals surface area contributed by atoms with E-state index in [2.05, 4.69) is 18.2 Å². The van der Waals surface area contributed by atoms with E-state index in [0.717, 1.165) is 5.56 Å². The van der Waals surface area contributed by atoms with Gasteiger partial charge in [0.05, 0.1) is 5.92 Å². The Morgan fingerprint density at radius 3 is 2.72 bits per heavy atom. The SMILES string of the molecule is CC(Cc1cccc(C2CCCCC2)c1)C(=O)O. The van der Waals surface area contributed by atoms with Crippen LogP contribution in [0.3, 0.4) is 0 Å². The molecular formula is C16H22O2. The van der Waals surface area contributed by atoms with Crippen molar-refractivity contribution < 1.29 is 9.90 Å². The first kappa shape index (κ1) is 13.1. The van der Waals surface area contributed by atoms with Crippen molar-refractivity contribution in [3.05, 3.63) is 35.4 Å². The van der Waals surface area contributed by atoms with E-state index >= 15 is 0 Å².